The van der Waals surface area contributed by atoms with E-state index in [2.05, 4.69) is 29.8 Å². The minimum absolute atomic E-state index is 0. The van der Waals surface area contributed by atoms with Crippen LogP contribution >= 0.6 is 32.7 Å². The summed E-state index contributed by atoms with van der Waals surface area (Å²) in [5.74, 6) is -0.821. The van der Waals surface area contributed by atoms with E-state index in [9.17, 15) is 9.59 Å². The summed E-state index contributed by atoms with van der Waals surface area (Å²) in [4.78, 5) is 43.6. The van der Waals surface area contributed by atoms with Gasteiger partial charge < -0.3 is 14.7 Å². The summed E-state index contributed by atoms with van der Waals surface area (Å²) in [6.07, 6.45) is 1.04. The number of amides is 1. The van der Waals surface area contributed by atoms with Gasteiger partial charge in [0.2, 0.25) is 6.08 Å². The number of rotatable bonds is 1. The van der Waals surface area contributed by atoms with E-state index in [-0.39, 0.29) is 23.1 Å². The first kappa shape index (κ1) is 19.7. The van der Waals surface area contributed by atoms with E-state index in [1.807, 2.05) is 0 Å². The van der Waals surface area contributed by atoms with E-state index in [4.69, 9.17) is 19.2 Å². The van der Waals surface area contributed by atoms with Crippen molar-refractivity contribution in [3.05, 3.63) is 0 Å². The molecule has 0 radical (unpaired) electrons. The van der Waals surface area contributed by atoms with Crippen LogP contribution in [-0.2, 0) is 14.2 Å². The molecule has 7 nitrogen and oxygen atoms in total. The quantitative estimate of drug-likeness (QED) is 0.112. The topological polar surface area (TPSA) is 124 Å². The van der Waals surface area contributed by atoms with Gasteiger partial charge in [-0.2, -0.15) is 0 Å². The fourth-order valence-corrected chi connectivity index (χ4v) is 0.185. The SMILES string of the molecule is O=C=NC(=O)C(=S)S.O=P(O)(O)O.[LiH]. The molecule has 3 N–H and O–H groups in total. The number of carbonyl (C=O) groups excluding carboxylic acids is 2. The van der Waals surface area contributed by atoms with Crippen molar-refractivity contribution in [2.45, 2.75) is 0 Å². The first-order valence-electron chi connectivity index (χ1n) is 2.32. The molecule has 0 aromatic rings. The minimum atomic E-state index is -4.64. The summed E-state index contributed by atoms with van der Waals surface area (Å²) >= 11 is 7.66. The molecule has 0 fully saturated rings. The summed E-state index contributed by atoms with van der Waals surface area (Å²) in [5, 5.41) is 0. The van der Waals surface area contributed by atoms with Gasteiger partial charge in [-0.3, -0.25) is 4.79 Å². The molecule has 0 aliphatic heterocycles. The molecule has 76 valence electrons. The molecular formula is C3H5LiNO6PS2. The Hall–Kier alpha value is 0.197. The molecule has 1 amide bonds. The van der Waals surface area contributed by atoms with Crippen LogP contribution in [0.25, 0.3) is 0 Å². The van der Waals surface area contributed by atoms with Crippen molar-refractivity contribution in [2.24, 2.45) is 4.99 Å². The van der Waals surface area contributed by atoms with Crippen molar-refractivity contribution in [3.8, 4) is 0 Å². The van der Waals surface area contributed by atoms with Gasteiger partial charge in [0.15, 0.2) is 0 Å². The number of thiocarbonyl (C=S) groups is 1. The summed E-state index contributed by atoms with van der Waals surface area (Å²) < 4.78 is 8.65. The van der Waals surface area contributed by atoms with Crippen LogP contribution in [-0.4, -0.2) is 49.7 Å². The fraction of sp³-hybridized carbons (Fsp3) is 0. The molecule has 0 saturated carbocycles. The summed E-state index contributed by atoms with van der Waals surface area (Å²) in [6.45, 7) is 0. The monoisotopic (exact) mass is 253 g/mol. The van der Waals surface area contributed by atoms with Gasteiger partial charge >= 0.3 is 32.6 Å². The number of hydrogen-bond acceptors (Lipinski definition) is 4. The Morgan fingerprint density at radius 3 is 1.79 bits per heavy atom. The van der Waals surface area contributed by atoms with Crippen LogP contribution in [0, 0.1) is 0 Å². The van der Waals surface area contributed by atoms with E-state index in [1.165, 1.54) is 0 Å². The van der Waals surface area contributed by atoms with Crippen LogP contribution < -0.4 is 0 Å². The normalized spacial score (nSPS) is 8.29. The van der Waals surface area contributed by atoms with Crippen molar-refractivity contribution in [2.75, 3.05) is 0 Å². The molecule has 0 aliphatic carbocycles. The molecule has 0 spiro atoms. The first-order chi connectivity index (χ1) is 5.68. The molecule has 0 rings (SSSR count). The molecule has 0 heterocycles. The molecule has 0 aromatic heterocycles. The third-order valence-electron chi connectivity index (χ3n) is 0.330. The van der Waals surface area contributed by atoms with Gasteiger partial charge in [0.25, 0.3) is 0 Å². The van der Waals surface area contributed by atoms with Gasteiger partial charge in [-0.15, -0.1) is 17.6 Å². The Labute approximate surface area is 101 Å². The zero-order valence-corrected chi connectivity index (χ0v) is 8.42. The van der Waals surface area contributed by atoms with Gasteiger partial charge in [-0.1, -0.05) is 12.2 Å². The van der Waals surface area contributed by atoms with E-state index < -0.39 is 13.7 Å². The Bertz CT molecular complexity index is 283. The number of thiol groups is 1. The number of nitrogens with zero attached hydrogens (tertiary/aromatic N) is 1. The number of hydrogen-bond donors (Lipinski definition) is 4. The van der Waals surface area contributed by atoms with Gasteiger partial charge in [-0.05, 0) is 0 Å². The van der Waals surface area contributed by atoms with Crippen LogP contribution in [0.15, 0.2) is 4.99 Å². The third kappa shape index (κ3) is 29.5. The van der Waals surface area contributed by atoms with Gasteiger partial charge in [0.05, 0.1) is 0 Å². The average Bonchev–Trinajstić information content (AvgIpc) is 1.84. The first-order valence-corrected chi connectivity index (χ1v) is 4.74. The zero-order chi connectivity index (χ0) is 11.1. The molecule has 0 aromatic carbocycles. The van der Waals surface area contributed by atoms with Crippen LogP contribution in [0.4, 0.5) is 0 Å². The Morgan fingerprint density at radius 2 is 1.71 bits per heavy atom. The molecule has 0 unspecified atom stereocenters. The molecule has 14 heavy (non-hydrogen) atoms. The second-order valence-electron chi connectivity index (χ2n) is 1.33. The number of isocyanates is 1. The molecule has 0 atom stereocenters. The number of carbonyl (C=O) groups is 1. The van der Waals surface area contributed by atoms with Gasteiger partial charge in [-0.25, -0.2) is 9.36 Å². The van der Waals surface area contributed by atoms with E-state index >= 15 is 0 Å². The maximum atomic E-state index is 10.1. The van der Waals surface area contributed by atoms with Crippen molar-refractivity contribution in [1.29, 1.82) is 0 Å². The number of aliphatic imine (C=N–C) groups is 1. The predicted octanol–water partition coefficient (Wildman–Crippen LogP) is -1.47. The molecule has 0 saturated heterocycles. The Kier molecular flexibility index (Phi) is 13.7. The number of phosphoric acid groups is 1. The van der Waals surface area contributed by atoms with Crippen molar-refractivity contribution in [3.63, 3.8) is 0 Å². The van der Waals surface area contributed by atoms with E-state index in [0.29, 0.717) is 0 Å². The molecule has 0 bridgehead atoms. The van der Waals surface area contributed by atoms with Crippen molar-refractivity contribution in [1.82, 2.24) is 0 Å². The van der Waals surface area contributed by atoms with Crippen LogP contribution in [0.2, 0.25) is 0 Å². The Morgan fingerprint density at radius 1 is 1.43 bits per heavy atom. The van der Waals surface area contributed by atoms with Crippen molar-refractivity contribution >= 4 is 67.7 Å². The molecule has 0 aliphatic rings. The average molecular weight is 253 g/mol. The van der Waals surface area contributed by atoms with Crippen LogP contribution in [0.5, 0.6) is 0 Å². The summed E-state index contributed by atoms with van der Waals surface area (Å²) in [7, 11) is -4.64. The molecular weight excluding hydrogens is 248 g/mol. The maximum absolute atomic E-state index is 10.1. The van der Waals surface area contributed by atoms with Crippen molar-refractivity contribution < 1.29 is 28.8 Å². The van der Waals surface area contributed by atoms with E-state index in [0.717, 1.165) is 6.08 Å². The standard InChI is InChI=1S/C3HNO2S2.Li.H3O4P.H/c5-1-4-2(6)3(7)8;;1-5(2,3)4;/h(H,7,8);;(H3,1,2,3,4);. The van der Waals surface area contributed by atoms with E-state index in [1.54, 1.807) is 0 Å². The Balaban J connectivity index is -0.000000177. The summed E-state index contributed by atoms with van der Waals surface area (Å²) in [6, 6.07) is 0. The zero-order valence-electron chi connectivity index (χ0n) is 5.82. The second kappa shape index (κ2) is 9.74. The predicted molar refractivity (Wildman–Crippen MR) is 56.1 cm³/mol. The van der Waals surface area contributed by atoms with Crippen LogP contribution in [0.1, 0.15) is 0 Å². The van der Waals surface area contributed by atoms with Crippen LogP contribution in [0.3, 0.4) is 0 Å². The van der Waals surface area contributed by atoms with Gasteiger partial charge in [0, 0.05) is 0 Å². The third-order valence-corrected chi connectivity index (χ3v) is 0.696. The van der Waals surface area contributed by atoms with Gasteiger partial charge in [0.1, 0.15) is 4.20 Å². The summed E-state index contributed by atoms with van der Waals surface area (Å²) in [5.41, 5.74) is 0. The molecule has 11 heteroatoms. The fourth-order valence-electron chi connectivity index (χ4n) is 0.0893. The second-order valence-corrected chi connectivity index (χ2v) is 3.51.